The van der Waals surface area contributed by atoms with Crippen LogP contribution in [0.5, 0.6) is 11.5 Å². The number of nitrogens with zero attached hydrogens (tertiary/aromatic N) is 2. The maximum atomic E-state index is 5.69. The average Bonchev–Trinajstić information content (AvgIpc) is 3.26. The molecule has 7 heteroatoms. The molecule has 4 rings (SSSR count). The normalized spacial score (nSPS) is 17.0. The van der Waals surface area contributed by atoms with Gasteiger partial charge in [-0.25, -0.2) is 0 Å². The molecule has 1 N–H and O–H groups in total. The Hall–Kier alpha value is -2.00. The van der Waals surface area contributed by atoms with Gasteiger partial charge in [0.1, 0.15) is 0 Å². The third-order valence-electron chi connectivity index (χ3n) is 5.93. The molecule has 1 fully saturated rings. The smallest absolute Gasteiger partial charge is 0.231 e. The second-order valence-electron chi connectivity index (χ2n) is 7.97. The lowest BCUT2D eigenvalue weighted by Gasteiger charge is -2.37. The predicted molar refractivity (Wildman–Crippen MR) is 134 cm³/mol. The Morgan fingerprint density at radius 3 is 2.55 bits per heavy atom. The van der Waals surface area contributed by atoms with Crippen LogP contribution in [0.15, 0.2) is 53.5 Å². The summed E-state index contributed by atoms with van der Waals surface area (Å²) in [5.41, 5.74) is 2.45. The molecule has 0 radical (unpaired) electrons. The van der Waals surface area contributed by atoms with Gasteiger partial charge in [-0.1, -0.05) is 36.4 Å². The number of rotatable bonds is 6. The number of halogens is 1. The molecule has 0 spiro atoms. The summed E-state index contributed by atoms with van der Waals surface area (Å²) in [7, 11) is 2.09. The summed E-state index contributed by atoms with van der Waals surface area (Å²) < 4.78 is 16.8. The van der Waals surface area contributed by atoms with Crippen molar-refractivity contribution in [3.63, 3.8) is 0 Å². The van der Waals surface area contributed by atoms with Crippen molar-refractivity contribution in [1.29, 1.82) is 0 Å². The van der Waals surface area contributed by atoms with Crippen LogP contribution in [0, 0.1) is 0 Å². The Balaban J connectivity index is 0.00000272. The second-order valence-corrected chi connectivity index (χ2v) is 7.97. The van der Waals surface area contributed by atoms with Crippen molar-refractivity contribution in [3.8, 4) is 11.5 Å². The van der Waals surface area contributed by atoms with Gasteiger partial charge in [0.15, 0.2) is 17.5 Å². The lowest BCUT2D eigenvalue weighted by Crippen LogP contribution is -2.41. The number of aliphatic imine (C=N–C) groups is 1. The van der Waals surface area contributed by atoms with Gasteiger partial charge in [-0.2, -0.15) is 0 Å². The van der Waals surface area contributed by atoms with E-state index in [1.807, 2.05) is 12.1 Å². The molecule has 2 aliphatic rings. The minimum Gasteiger partial charge on any atom is -0.454 e. The highest BCUT2D eigenvalue weighted by Crippen LogP contribution is 2.41. The summed E-state index contributed by atoms with van der Waals surface area (Å²) in [6, 6.07) is 16.8. The number of fused-ring (bicyclic) bond motifs is 1. The Kier molecular flexibility index (Phi) is 8.43. The lowest BCUT2D eigenvalue weighted by molar-refractivity contribution is 0.0529. The van der Waals surface area contributed by atoms with Gasteiger partial charge in [-0.15, -0.1) is 24.0 Å². The summed E-state index contributed by atoms with van der Waals surface area (Å²) in [4.78, 5) is 7.27. The third kappa shape index (κ3) is 5.63. The number of nitrogens with one attached hydrogen (secondary N) is 1. The molecule has 0 saturated carbocycles. The van der Waals surface area contributed by atoms with Crippen molar-refractivity contribution in [2.45, 2.75) is 31.7 Å². The van der Waals surface area contributed by atoms with Gasteiger partial charge in [0, 0.05) is 38.8 Å². The molecule has 0 unspecified atom stereocenters. The van der Waals surface area contributed by atoms with E-state index in [2.05, 4.69) is 60.6 Å². The minimum absolute atomic E-state index is 0. The van der Waals surface area contributed by atoms with Crippen LogP contribution in [-0.2, 0) is 16.7 Å². The Labute approximate surface area is 202 Å². The van der Waals surface area contributed by atoms with Gasteiger partial charge in [0.2, 0.25) is 6.79 Å². The quantitative estimate of drug-likeness (QED) is 0.341. The highest BCUT2D eigenvalue weighted by atomic mass is 127. The SMILES string of the molecule is CCNC(=NCC1(c2ccc3c(c2)OCO3)CCOCC1)N(C)Cc1ccccc1.I. The summed E-state index contributed by atoms with van der Waals surface area (Å²) >= 11 is 0. The standard InChI is InChI=1S/C24H31N3O3.HI/c1-3-25-23(27(2)16-19-7-5-4-6-8-19)26-17-24(11-13-28-14-12-24)20-9-10-21-22(15-20)30-18-29-21;/h4-10,15H,3,11-14,16-18H2,1-2H3,(H,25,26);1H. The van der Waals surface area contributed by atoms with Gasteiger partial charge < -0.3 is 24.4 Å². The van der Waals surface area contributed by atoms with Crippen LogP contribution in [0.2, 0.25) is 0 Å². The first kappa shape index (κ1) is 23.7. The van der Waals surface area contributed by atoms with Crippen molar-refractivity contribution in [2.24, 2.45) is 4.99 Å². The zero-order chi connectivity index (χ0) is 20.8. The maximum Gasteiger partial charge on any atom is 0.231 e. The number of ether oxygens (including phenoxy) is 3. The monoisotopic (exact) mass is 537 g/mol. The summed E-state index contributed by atoms with van der Waals surface area (Å²) in [5, 5.41) is 3.45. The highest BCUT2D eigenvalue weighted by molar-refractivity contribution is 14.0. The van der Waals surface area contributed by atoms with E-state index in [4.69, 9.17) is 19.2 Å². The zero-order valence-electron chi connectivity index (χ0n) is 18.3. The molecule has 0 bridgehead atoms. The Morgan fingerprint density at radius 1 is 1.06 bits per heavy atom. The number of benzene rings is 2. The van der Waals surface area contributed by atoms with Crippen LogP contribution in [0.3, 0.4) is 0 Å². The van der Waals surface area contributed by atoms with Crippen molar-refractivity contribution >= 4 is 29.9 Å². The van der Waals surface area contributed by atoms with E-state index >= 15 is 0 Å². The highest BCUT2D eigenvalue weighted by Gasteiger charge is 2.36. The molecular weight excluding hydrogens is 505 g/mol. The van der Waals surface area contributed by atoms with Crippen molar-refractivity contribution in [2.75, 3.05) is 40.1 Å². The van der Waals surface area contributed by atoms with Gasteiger partial charge in [-0.05, 0) is 43.0 Å². The van der Waals surface area contributed by atoms with E-state index in [9.17, 15) is 0 Å². The van der Waals surface area contributed by atoms with Crippen LogP contribution in [0.1, 0.15) is 30.9 Å². The molecule has 0 amide bonds. The number of hydrogen-bond donors (Lipinski definition) is 1. The van der Waals surface area contributed by atoms with Crippen molar-refractivity contribution in [1.82, 2.24) is 10.2 Å². The summed E-state index contributed by atoms with van der Waals surface area (Å²) in [6.07, 6.45) is 1.88. The van der Waals surface area contributed by atoms with E-state index in [0.717, 1.165) is 56.6 Å². The van der Waals surface area contributed by atoms with Crippen molar-refractivity contribution < 1.29 is 14.2 Å². The molecule has 0 atom stereocenters. The first-order chi connectivity index (χ1) is 14.7. The molecular formula is C24H32IN3O3. The van der Waals surface area contributed by atoms with Gasteiger partial charge in [0.05, 0.1) is 6.54 Å². The average molecular weight is 537 g/mol. The maximum absolute atomic E-state index is 5.69. The molecule has 2 aliphatic heterocycles. The summed E-state index contributed by atoms with van der Waals surface area (Å²) in [6.45, 7) is 6.25. The van der Waals surface area contributed by atoms with Crippen LogP contribution in [0.25, 0.3) is 0 Å². The van der Waals surface area contributed by atoms with E-state index in [-0.39, 0.29) is 29.4 Å². The molecule has 2 aromatic carbocycles. The Morgan fingerprint density at radius 2 is 1.81 bits per heavy atom. The van der Waals surface area contributed by atoms with Crippen LogP contribution < -0.4 is 14.8 Å². The van der Waals surface area contributed by atoms with Gasteiger partial charge >= 0.3 is 0 Å². The lowest BCUT2D eigenvalue weighted by atomic mass is 9.74. The summed E-state index contributed by atoms with van der Waals surface area (Å²) in [5.74, 6) is 2.57. The van der Waals surface area contributed by atoms with Crippen LogP contribution in [0.4, 0.5) is 0 Å². The molecule has 0 aliphatic carbocycles. The molecule has 2 heterocycles. The number of guanidine groups is 1. The van der Waals surface area contributed by atoms with Crippen LogP contribution in [-0.4, -0.2) is 51.0 Å². The molecule has 6 nitrogen and oxygen atoms in total. The third-order valence-corrected chi connectivity index (χ3v) is 5.93. The topological polar surface area (TPSA) is 55.3 Å². The molecule has 31 heavy (non-hydrogen) atoms. The van der Waals surface area contributed by atoms with Crippen LogP contribution >= 0.6 is 24.0 Å². The van der Waals surface area contributed by atoms with Gasteiger partial charge in [0.25, 0.3) is 0 Å². The fraction of sp³-hybridized carbons (Fsp3) is 0.458. The van der Waals surface area contributed by atoms with E-state index in [0.29, 0.717) is 13.3 Å². The molecule has 0 aromatic heterocycles. The fourth-order valence-electron chi connectivity index (χ4n) is 4.15. The first-order valence-electron chi connectivity index (χ1n) is 10.7. The Bertz CT molecular complexity index is 870. The predicted octanol–water partition coefficient (Wildman–Crippen LogP) is 4.18. The number of hydrogen-bond acceptors (Lipinski definition) is 4. The minimum atomic E-state index is -0.0620. The molecule has 168 valence electrons. The molecule has 2 aromatic rings. The molecule has 1 saturated heterocycles. The second kappa shape index (κ2) is 11.0. The van der Waals surface area contributed by atoms with Crippen molar-refractivity contribution in [3.05, 3.63) is 59.7 Å². The largest absolute Gasteiger partial charge is 0.454 e. The van der Waals surface area contributed by atoms with E-state index in [1.54, 1.807) is 0 Å². The van der Waals surface area contributed by atoms with E-state index < -0.39 is 0 Å². The zero-order valence-corrected chi connectivity index (χ0v) is 20.6. The fourth-order valence-corrected chi connectivity index (χ4v) is 4.15. The first-order valence-corrected chi connectivity index (χ1v) is 10.7. The van der Waals surface area contributed by atoms with E-state index in [1.165, 1.54) is 11.1 Å². The van der Waals surface area contributed by atoms with Gasteiger partial charge in [-0.3, -0.25) is 4.99 Å².